The van der Waals surface area contributed by atoms with Crippen LogP contribution in [0.3, 0.4) is 0 Å². The fourth-order valence-corrected chi connectivity index (χ4v) is 3.71. The van der Waals surface area contributed by atoms with Crippen molar-refractivity contribution in [2.45, 2.75) is 38.1 Å². The average molecular weight is 294 g/mol. The van der Waals surface area contributed by atoms with Crippen molar-refractivity contribution in [2.75, 3.05) is 39.3 Å². The Morgan fingerprint density at radius 2 is 1.95 bits per heavy atom. The van der Waals surface area contributed by atoms with E-state index in [0.29, 0.717) is 24.3 Å². The van der Waals surface area contributed by atoms with Gasteiger partial charge in [-0.15, -0.1) is 0 Å². The third-order valence-electron chi connectivity index (χ3n) is 5.08. The number of piperidine rings is 1. The maximum absolute atomic E-state index is 12.3. The van der Waals surface area contributed by atoms with Gasteiger partial charge in [0.25, 0.3) is 0 Å². The molecule has 0 aromatic rings. The Hall–Kier alpha value is -1.30. The first-order chi connectivity index (χ1) is 10.2. The van der Waals surface area contributed by atoms with E-state index in [-0.39, 0.29) is 6.03 Å². The molecule has 6 heteroatoms. The van der Waals surface area contributed by atoms with Crippen molar-refractivity contribution >= 4 is 11.9 Å². The molecule has 3 heterocycles. The topological polar surface area (TPSA) is 64.7 Å². The zero-order chi connectivity index (χ0) is 14.7. The summed E-state index contributed by atoms with van der Waals surface area (Å²) in [4.78, 5) is 27.9. The van der Waals surface area contributed by atoms with Crippen LogP contribution in [0.4, 0.5) is 4.79 Å². The Morgan fingerprint density at radius 3 is 2.57 bits per heavy atom. The number of rotatable bonds is 4. The molecule has 2 N–H and O–H groups in total. The summed E-state index contributed by atoms with van der Waals surface area (Å²) in [6, 6.07) is 0.379. The molecule has 3 amide bonds. The Morgan fingerprint density at radius 1 is 1.14 bits per heavy atom. The van der Waals surface area contributed by atoms with Crippen LogP contribution in [0.15, 0.2) is 0 Å². The Bertz CT molecular complexity index is 387. The van der Waals surface area contributed by atoms with Gasteiger partial charge in [-0.3, -0.25) is 4.79 Å². The van der Waals surface area contributed by atoms with Gasteiger partial charge in [0.15, 0.2) is 0 Å². The van der Waals surface area contributed by atoms with Gasteiger partial charge in [0, 0.05) is 38.6 Å². The number of hydrogen-bond donors (Lipinski definition) is 2. The van der Waals surface area contributed by atoms with Crippen molar-refractivity contribution in [3.8, 4) is 0 Å². The highest BCUT2D eigenvalue weighted by atomic mass is 16.2. The van der Waals surface area contributed by atoms with Crippen LogP contribution in [0.25, 0.3) is 0 Å². The van der Waals surface area contributed by atoms with Gasteiger partial charge in [0.2, 0.25) is 5.91 Å². The molecule has 0 aliphatic carbocycles. The molecule has 1 unspecified atom stereocenters. The van der Waals surface area contributed by atoms with Gasteiger partial charge in [0.1, 0.15) is 0 Å². The van der Waals surface area contributed by atoms with E-state index in [1.54, 1.807) is 0 Å². The lowest BCUT2D eigenvalue weighted by molar-refractivity contribution is -0.132. The van der Waals surface area contributed by atoms with Gasteiger partial charge in [-0.1, -0.05) is 0 Å². The minimum atomic E-state index is 0.0634. The second-order valence-electron chi connectivity index (χ2n) is 6.43. The predicted molar refractivity (Wildman–Crippen MR) is 79.9 cm³/mol. The Kier molecular flexibility index (Phi) is 4.63. The van der Waals surface area contributed by atoms with Crippen LogP contribution in [-0.2, 0) is 4.79 Å². The minimum Gasteiger partial charge on any atom is -0.343 e. The number of carbonyl (C=O) groups is 2. The van der Waals surface area contributed by atoms with E-state index in [4.69, 9.17) is 0 Å². The quantitative estimate of drug-likeness (QED) is 0.788. The molecule has 3 fully saturated rings. The molecule has 6 nitrogen and oxygen atoms in total. The highest BCUT2D eigenvalue weighted by molar-refractivity contribution is 5.77. The van der Waals surface area contributed by atoms with Crippen molar-refractivity contribution in [3.05, 3.63) is 0 Å². The van der Waals surface area contributed by atoms with Crippen LogP contribution in [-0.4, -0.2) is 67.0 Å². The normalized spacial score (nSPS) is 27.2. The van der Waals surface area contributed by atoms with Gasteiger partial charge in [0.05, 0.1) is 0 Å². The highest BCUT2D eigenvalue weighted by Crippen LogP contribution is 2.20. The summed E-state index contributed by atoms with van der Waals surface area (Å²) in [6.45, 7) is 5.34. The summed E-state index contributed by atoms with van der Waals surface area (Å²) < 4.78 is 0. The van der Waals surface area contributed by atoms with Gasteiger partial charge in [-0.2, -0.15) is 0 Å². The summed E-state index contributed by atoms with van der Waals surface area (Å²) in [7, 11) is 0. The SMILES string of the molecule is O=C(CCC1CCNC1)N1CCC(N2CCNC2=O)CC1. The van der Waals surface area contributed by atoms with E-state index in [1.165, 1.54) is 6.42 Å². The van der Waals surface area contributed by atoms with E-state index < -0.39 is 0 Å². The third kappa shape index (κ3) is 3.48. The fourth-order valence-electron chi connectivity index (χ4n) is 3.71. The summed E-state index contributed by atoms with van der Waals surface area (Å²) in [6.07, 6.45) is 4.75. The Labute approximate surface area is 126 Å². The summed E-state index contributed by atoms with van der Waals surface area (Å²) in [5, 5.41) is 6.20. The van der Waals surface area contributed by atoms with Gasteiger partial charge >= 0.3 is 6.03 Å². The zero-order valence-corrected chi connectivity index (χ0v) is 12.6. The Balaban J connectivity index is 1.40. The van der Waals surface area contributed by atoms with Crippen LogP contribution >= 0.6 is 0 Å². The monoisotopic (exact) mass is 294 g/mol. The second kappa shape index (κ2) is 6.64. The van der Waals surface area contributed by atoms with E-state index in [0.717, 1.165) is 58.5 Å². The molecule has 0 radical (unpaired) electrons. The third-order valence-corrected chi connectivity index (χ3v) is 5.08. The minimum absolute atomic E-state index is 0.0634. The largest absolute Gasteiger partial charge is 0.343 e. The number of urea groups is 1. The molecule has 21 heavy (non-hydrogen) atoms. The smallest absolute Gasteiger partial charge is 0.317 e. The number of hydrogen-bond acceptors (Lipinski definition) is 3. The lowest BCUT2D eigenvalue weighted by Gasteiger charge is -2.36. The fraction of sp³-hybridized carbons (Fsp3) is 0.867. The number of carbonyl (C=O) groups excluding carboxylic acids is 2. The van der Waals surface area contributed by atoms with Crippen molar-refractivity contribution in [1.82, 2.24) is 20.4 Å². The second-order valence-corrected chi connectivity index (χ2v) is 6.43. The van der Waals surface area contributed by atoms with E-state index in [9.17, 15) is 9.59 Å². The average Bonchev–Trinajstić information content (AvgIpc) is 3.16. The summed E-state index contributed by atoms with van der Waals surface area (Å²) >= 11 is 0. The van der Waals surface area contributed by atoms with E-state index in [1.807, 2.05) is 9.80 Å². The summed E-state index contributed by atoms with van der Waals surface area (Å²) in [5.74, 6) is 0.978. The molecule has 0 aromatic carbocycles. The van der Waals surface area contributed by atoms with Crippen molar-refractivity contribution < 1.29 is 9.59 Å². The number of nitrogens with zero attached hydrogens (tertiary/aromatic N) is 2. The zero-order valence-electron chi connectivity index (χ0n) is 12.6. The molecule has 3 rings (SSSR count). The maximum atomic E-state index is 12.3. The number of amides is 3. The van der Waals surface area contributed by atoms with Gasteiger partial charge in [-0.05, 0) is 44.7 Å². The predicted octanol–water partition coefficient (Wildman–Crippen LogP) is 0.392. The molecule has 0 saturated carbocycles. The van der Waals surface area contributed by atoms with Crippen molar-refractivity contribution in [1.29, 1.82) is 0 Å². The standard InChI is InChI=1S/C15H26N4O2/c20-14(2-1-12-3-6-16-11-12)18-8-4-13(5-9-18)19-10-7-17-15(19)21/h12-13,16H,1-11H2,(H,17,21). The van der Waals surface area contributed by atoms with Crippen LogP contribution in [0.5, 0.6) is 0 Å². The van der Waals surface area contributed by atoms with Crippen molar-refractivity contribution in [3.63, 3.8) is 0 Å². The van der Waals surface area contributed by atoms with Crippen molar-refractivity contribution in [2.24, 2.45) is 5.92 Å². The van der Waals surface area contributed by atoms with Gasteiger partial charge < -0.3 is 20.4 Å². The van der Waals surface area contributed by atoms with Crippen LogP contribution in [0.1, 0.15) is 32.1 Å². The first kappa shape index (κ1) is 14.6. The van der Waals surface area contributed by atoms with Gasteiger partial charge in [-0.25, -0.2) is 4.79 Å². The molecule has 0 aromatic heterocycles. The molecule has 3 saturated heterocycles. The molecule has 3 aliphatic rings. The number of likely N-dealkylation sites (tertiary alicyclic amines) is 1. The molecular formula is C15H26N4O2. The highest BCUT2D eigenvalue weighted by Gasteiger charge is 2.31. The molecule has 118 valence electrons. The van der Waals surface area contributed by atoms with Crippen LogP contribution in [0, 0.1) is 5.92 Å². The molecule has 1 atom stereocenters. The lowest BCUT2D eigenvalue weighted by Crippen LogP contribution is -2.47. The summed E-state index contributed by atoms with van der Waals surface area (Å²) in [5.41, 5.74) is 0. The van der Waals surface area contributed by atoms with E-state index in [2.05, 4.69) is 10.6 Å². The number of nitrogens with one attached hydrogen (secondary N) is 2. The molecule has 3 aliphatic heterocycles. The first-order valence-corrected chi connectivity index (χ1v) is 8.27. The lowest BCUT2D eigenvalue weighted by atomic mass is 10.00. The molecule has 0 spiro atoms. The molecular weight excluding hydrogens is 268 g/mol. The molecule has 0 bridgehead atoms. The van der Waals surface area contributed by atoms with E-state index >= 15 is 0 Å². The first-order valence-electron chi connectivity index (χ1n) is 8.27. The van der Waals surface area contributed by atoms with Crippen LogP contribution < -0.4 is 10.6 Å². The maximum Gasteiger partial charge on any atom is 0.317 e. The van der Waals surface area contributed by atoms with Crippen LogP contribution in [0.2, 0.25) is 0 Å².